The van der Waals surface area contributed by atoms with E-state index in [0.717, 1.165) is 0 Å². The largest absolute Gasteiger partial charge is 0.632 e. The lowest BCUT2D eigenvalue weighted by molar-refractivity contribution is -0.877. The molecule has 1 unspecified atom stereocenters. The lowest BCUT2D eigenvalue weighted by atomic mass is 9.85. The van der Waals surface area contributed by atoms with E-state index in [2.05, 4.69) is 0 Å². The molecule has 126 valence electrons. The summed E-state index contributed by atoms with van der Waals surface area (Å²) in [6.07, 6.45) is 0.127. The standard InChI is InChI=1S/C15H25NO6/c1-9(2)15(20,10(3)17)14(19)22-8-11-4-6-16(21)7-5-12(18)13(11)16/h4,9-10,12-13,17-18,20H,5-8H2,1-3H3/t10-,12-,13-,15-,16?/m0/s1. The van der Waals surface area contributed by atoms with Crippen molar-refractivity contribution in [2.75, 3.05) is 19.7 Å². The highest BCUT2D eigenvalue weighted by molar-refractivity contribution is 5.80. The van der Waals surface area contributed by atoms with E-state index in [-0.39, 0.29) is 13.2 Å². The van der Waals surface area contributed by atoms with Crippen LogP contribution in [0.3, 0.4) is 0 Å². The molecule has 2 aliphatic heterocycles. The van der Waals surface area contributed by atoms with Crippen molar-refractivity contribution in [3.8, 4) is 0 Å². The summed E-state index contributed by atoms with van der Waals surface area (Å²) in [5.41, 5.74) is -1.40. The van der Waals surface area contributed by atoms with E-state index in [9.17, 15) is 25.3 Å². The maximum Gasteiger partial charge on any atom is 0.341 e. The number of hydrogen-bond donors (Lipinski definition) is 3. The summed E-state index contributed by atoms with van der Waals surface area (Å²) < 4.78 is 4.64. The first-order valence-corrected chi connectivity index (χ1v) is 7.65. The van der Waals surface area contributed by atoms with Gasteiger partial charge in [-0.25, -0.2) is 4.79 Å². The average molecular weight is 315 g/mol. The van der Waals surface area contributed by atoms with Gasteiger partial charge < -0.3 is 29.9 Å². The molecule has 0 bridgehead atoms. The fraction of sp³-hybridized carbons (Fsp3) is 0.800. The van der Waals surface area contributed by atoms with Crippen molar-refractivity contribution >= 4 is 5.97 Å². The van der Waals surface area contributed by atoms with Crippen molar-refractivity contribution in [1.29, 1.82) is 0 Å². The summed E-state index contributed by atoms with van der Waals surface area (Å²) in [4.78, 5) is 12.2. The Balaban J connectivity index is 2.03. The van der Waals surface area contributed by atoms with Crippen LogP contribution in [0.4, 0.5) is 0 Å². The highest BCUT2D eigenvalue weighted by Gasteiger charge is 2.49. The van der Waals surface area contributed by atoms with Gasteiger partial charge in [0, 0.05) is 12.0 Å². The maximum absolute atomic E-state index is 12.4. The molecular formula is C15H25NO6. The third-order valence-electron chi connectivity index (χ3n) is 4.93. The van der Waals surface area contributed by atoms with Crippen molar-refractivity contribution in [3.63, 3.8) is 0 Å². The van der Waals surface area contributed by atoms with E-state index < -0.39 is 40.4 Å². The number of hydroxylamine groups is 3. The van der Waals surface area contributed by atoms with Crippen LogP contribution in [0.1, 0.15) is 27.2 Å². The minimum Gasteiger partial charge on any atom is -0.632 e. The van der Waals surface area contributed by atoms with Crippen molar-refractivity contribution in [2.45, 2.75) is 51.0 Å². The Morgan fingerprint density at radius 2 is 2.18 bits per heavy atom. The van der Waals surface area contributed by atoms with Crippen LogP contribution in [0.25, 0.3) is 0 Å². The lowest BCUT2D eigenvalue weighted by Gasteiger charge is -2.40. The molecule has 0 aliphatic carbocycles. The SMILES string of the molecule is CC(C)[C@@](O)(C(=O)OCC1=CC[N+]2([O-])CC[C@H](O)[C@H]12)[C@H](C)O. The number of quaternary nitrogens is 1. The van der Waals surface area contributed by atoms with Crippen LogP contribution in [0.15, 0.2) is 11.6 Å². The Morgan fingerprint density at radius 3 is 2.73 bits per heavy atom. The van der Waals surface area contributed by atoms with E-state index >= 15 is 0 Å². The van der Waals surface area contributed by atoms with Crippen LogP contribution >= 0.6 is 0 Å². The highest BCUT2D eigenvalue weighted by atomic mass is 16.6. The Morgan fingerprint density at radius 1 is 1.55 bits per heavy atom. The second-order valence-corrected chi connectivity index (χ2v) is 6.67. The number of rotatable bonds is 5. The zero-order valence-electron chi connectivity index (χ0n) is 13.2. The molecule has 0 aromatic carbocycles. The number of ether oxygens (including phenoxy) is 1. The summed E-state index contributed by atoms with van der Waals surface area (Å²) in [6, 6.07) is -0.591. The number of carbonyl (C=O) groups is 1. The summed E-state index contributed by atoms with van der Waals surface area (Å²) in [5.74, 6) is -1.44. The van der Waals surface area contributed by atoms with Gasteiger partial charge >= 0.3 is 5.97 Å². The normalized spacial score (nSPS) is 35.0. The summed E-state index contributed by atoms with van der Waals surface area (Å²) in [7, 11) is 0. The summed E-state index contributed by atoms with van der Waals surface area (Å²) in [6.45, 7) is 5.02. The zero-order chi connectivity index (χ0) is 16.7. The molecule has 0 spiro atoms. The van der Waals surface area contributed by atoms with Gasteiger partial charge in [0.25, 0.3) is 0 Å². The Kier molecular flexibility index (Phi) is 4.66. The molecule has 1 saturated heterocycles. The Labute approximate surface area is 130 Å². The number of aliphatic hydroxyl groups excluding tert-OH is 2. The number of nitrogens with zero attached hydrogens (tertiary/aromatic N) is 1. The molecule has 7 nitrogen and oxygen atoms in total. The fourth-order valence-electron chi connectivity index (χ4n) is 3.41. The molecule has 0 aromatic rings. The molecular weight excluding hydrogens is 290 g/mol. The second kappa shape index (κ2) is 5.90. The second-order valence-electron chi connectivity index (χ2n) is 6.67. The number of fused-ring (bicyclic) bond motifs is 1. The summed E-state index contributed by atoms with van der Waals surface area (Å²) >= 11 is 0. The van der Waals surface area contributed by atoms with Gasteiger partial charge in [0.15, 0.2) is 5.60 Å². The van der Waals surface area contributed by atoms with Crippen LogP contribution in [0.5, 0.6) is 0 Å². The van der Waals surface area contributed by atoms with Crippen molar-refractivity contribution in [1.82, 2.24) is 0 Å². The van der Waals surface area contributed by atoms with Gasteiger partial charge in [-0.3, -0.25) is 0 Å². The topological polar surface area (TPSA) is 110 Å². The quantitative estimate of drug-likeness (QED) is 0.278. The van der Waals surface area contributed by atoms with E-state index in [1.54, 1.807) is 19.9 Å². The van der Waals surface area contributed by atoms with Gasteiger partial charge in [-0.1, -0.05) is 13.8 Å². The molecule has 7 heteroatoms. The molecule has 5 atom stereocenters. The van der Waals surface area contributed by atoms with Gasteiger partial charge in [0.1, 0.15) is 18.8 Å². The first-order chi connectivity index (χ1) is 10.1. The van der Waals surface area contributed by atoms with Crippen LogP contribution in [-0.4, -0.2) is 69.5 Å². The van der Waals surface area contributed by atoms with Gasteiger partial charge in [-0.15, -0.1) is 0 Å². The Bertz CT molecular complexity index is 467. The highest BCUT2D eigenvalue weighted by Crippen LogP contribution is 2.36. The van der Waals surface area contributed by atoms with E-state index in [0.29, 0.717) is 18.5 Å². The van der Waals surface area contributed by atoms with Crippen LogP contribution in [-0.2, 0) is 9.53 Å². The predicted octanol–water partition coefficient (Wildman–Crippen LogP) is -0.315. The van der Waals surface area contributed by atoms with Crippen LogP contribution in [0.2, 0.25) is 0 Å². The molecule has 22 heavy (non-hydrogen) atoms. The molecule has 0 amide bonds. The van der Waals surface area contributed by atoms with Gasteiger partial charge in [0.2, 0.25) is 0 Å². The van der Waals surface area contributed by atoms with E-state index in [1.165, 1.54) is 6.92 Å². The fourth-order valence-corrected chi connectivity index (χ4v) is 3.41. The lowest BCUT2D eigenvalue weighted by Crippen LogP contribution is -2.53. The van der Waals surface area contributed by atoms with Crippen molar-refractivity contribution in [3.05, 3.63) is 16.9 Å². The summed E-state index contributed by atoms with van der Waals surface area (Å²) in [5, 5.41) is 42.4. The third kappa shape index (κ3) is 2.68. The van der Waals surface area contributed by atoms with E-state index in [1.807, 2.05) is 0 Å². The van der Waals surface area contributed by atoms with Crippen LogP contribution in [0, 0.1) is 11.1 Å². The molecule has 3 N–H and O–H groups in total. The first-order valence-electron chi connectivity index (χ1n) is 7.65. The van der Waals surface area contributed by atoms with Gasteiger partial charge in [0.05, 0.1) is 19.2 Å². The van der Waals surface area contributed by atoms with Crippen molar-refractivity contribution < 1.29 is 29.5 Å². The number of aliphatic hydroxyl groups is 3. The van der Waals surface area contributed by atoms with Gasteiger partial charge in [-0.2, -0.15) is 0 Å². The zero-order valence-corrected chi connectivity index (χ0v) is 13.2. The smallest absolute Gasteiger partial charge is 0.341 e. The van der Waals surface area contributed by atoms with Crippen molar-refractivity contribution in [2.24, 2.45) is 5.92 Å². The minimum atomic E-state index is -1.99. The Hall–Kier alpha value is -0.990. The number of hydrogen-bond acceptors (Lipinski definition) is 6. The molecule has 0 aromatic heterocycles. The molecule has 2 heterocycles. The van der Waals surface area contributed by atoms with Crippen LogP contribution < -0.4 is 0 Å². The number of carbonyl (C=O) groups excluding carboxylic acids is 1. The van der Waals surface area contributed by atoms with E-state index in [4.69, 9.17) is 4.74 Å². The molecule has 2 aliphatic rings. The molecule has 2 rings (SSSR count). The first kappa shape index (κ1) is 17.4. The molecule has 0 radical (unpaired) electrons. The molecule has 0 saturated carbocycles. The molecule has 1 fully saturated rings. The minimum absolute atomic E-state index is 0.148. The third-order valence-corrected chi connectivity index (χ3v) is 4.93. The monoisotopic (exact) mass is 315 g/mol. The van der Waals surface area contributed by atoms with Gasteiger partial charge in [-0.05, 0) is 18.9 Å². The average Bonchev–Trinajstić information content (AvgIpc) is 2.92. The number of esters is 1. The maximum atomic E-state index is 12.4. The predicted molar refractivity (Wildman–Crippen MR) is 78.3 cm³/mol.